The van der Waals surface area contributed by atoms with Crippen LogP contribution in [-0.4, -0.2) is 18.1 Å². The maximum atomic E-state index is 5.51. The first kappa shape index (κ1) is 9.06. The molecule has 0 spiro atoms. The van der Waals surface area contributed by atoms with Crippen LogP contribution < -0.4 is 5.73 Å². The second kappa shape index (κ2) is 4.13. The minimum absolute atomic E-state index is 0.0105. The van der Waals surface area contributed by atoms with Gasteiger partial charge in [0.25, 0.3) is 0 Å². The minimum Gasteiger partial charge on any atom is -0.353 e. The Hall–Kier alpha value is -0.510. The molecule has 0 unspecified atom stereocenters. The molecular formula is C10H13NOS. The van der Waals surface area contributed by atoms with Crippen LogP contribution in [0.25, 0.3) is 0 Å². The summed E-state index contributed by atoms with van der Waals surface area (Å²) >= 11 is 1.86. The molecule has 1 aliphatic heterocycles. The van der Waals surface area contributed by atoms with Crippen LogP contribution in [0.15, 0.2) is 35.2 Å². The summed E-state index contributed by atoms with van der Waals surface area (Å²) in [5, 5.41) is 0. The first-order chi connectivity index (χ1) is 6.36. The first-order valence-electron chi connectivity index (χ1n) is 4.45. The van der Waals surface area contributed by atoms with Crippen molar-refractivity contribution in [2.45, 2.75) is 23.6 Å². The average Bonchev–Trinajstić information content (AvgIpc) is 2.84. The van der Waals surface area contributed by atoms with Crippen molar-refractivity contribution in [3.8, 4) is 0 Å². The maximum Gasteiger partial charge on any atom is 0.132 e. The quantitative estimate of drug-likeness (QED) is 0.588. The van der Waals surface area contributed by atoms with E-state index in [1.807, 2.05) is 17.8 Å². The molecule has 13 heavy (non-hydrogen) atoms. The lowest BCUT2D eigenvalue weighted by Crippen LogP contribution is -2.05. The number of thioether (sulfide) groups is 1. The Morgan fingerprint density at radius 2 is 2.00 bits per heavy atom. The van der Waals surface area contributed by atoms with Crippen molar-refractivity contribution >= 4 is 11.8 Å². The zero-order valence-corrected chi connectivity index (χ0v) is 8.17. The molecule has 0 amide bonds. The van der Waals surface area contributed by atoms with Gasteiger partial charge in [0.05, 0.1) is 6.10 Å². The fraction of sp³-hybridized carbons (Fsp3) is 0.400. The summed E-state index contributed by atoms with van der Waals surface area (Å²) in [7, 11) is 0. The van der Waals surface area contributed by atoms with Gasteiger partial charge in [0, 0.05) is 10.6 Å². The van der Waals surface area contributed by atoms with E-state index >= 15 is 0 Å². The fourth-order valence-corrected chi connectivity index (χ4v) is 2.13. The van der Waals surface area contributed by atoms with Gasteiger partial charge in [0.2, 0.25) is 0 Å². The van der Waals surface area contributed by atoms with Crippen LogP contribution in [0.4, 0.5) is 0 Å². The van der Waals surface area contributed by atoms with Gasteiger partial charge in [-0.1, -0.05) is 18.2 Å². The van der Waals surface area contributed by atoms with Gasteiger partial charge >= 0.3 is 0 Å². The molecule has 1 aromatic carbocycles. The Kier molecular flexibility index (Phi) is 2.88. The summed E-state index contributed by atoms with van der Waals surface area (Å²) < 4.78 is 5.12. The molecule has 2 atom stereocenters. The summed E-state index contributed by atoms with van der Waals surface area (Å²) in [5.74, 6) is 1.09. The molecule has 2 rings (SSSR count). The molecule has 0 bridgehead atoms. The fourth-order valence-electron chi connectivity index (χ4n) is 1.20. The smallest absolute Gasteiger partial charge is 0.132 e. The summed E-state index contributed by atoms with van der Waals surface area (Å²) in [6.07, 6.45) is 1.38. The van der Waals surface area contributed by atoms with E-state index in [1.165, 1.54) is 4.90 Å². The van der Waals surface area contributed by atoms with E-state index in [1.54, 1.807) is 0 Å². The van der Waals surface area contributed by atoms with Crippen LogP contribution in [0.1, 0.15) is 6.42 Å². The van der Waals surface area contributed by atoms with Crippen molar-refractivity contribution in [2.75, 3.05) is 5.75 Å². The van der Waals surface area contributed by atoms with Crippen LogP contribution in [0, 0.1) is 0 Å². The highest BCUT2D eigenvalue weighted by atomic mass is 32.2. The average molecular weight is 195 g/mol. The normalized spacial score (nSPS) is 25.9. The van der Waals surface area contributed by atoms with Crippen LogP contribution in [0.2, 0.25) is 0 Å². The van der Waals surface area contributed by atoms with Gasteiger partial charge in [-0.3, -0.25) is 0 Å². The molecule has 1 aromatic rings. The highest BCUT2D eigenvalue weighted by Crippen LogP contribution is 2.25. The van der Waals surface area contributed by atoms with E-state index in [-0.39, 0.29) is 6.23 Å². The summed E-state index contributed by atoms with van der Waals surface area (Å²) in [6, 6.07) is 10.4. The molecule has 2 N–H and O–H groups in total. The summed E-state index contributed by atoms with van der Waals surface area (Å²) in [4.78, 5) is 1.32. The topological polar surface area (TPSA) is 38.5 Å². The molecule has 0 radical (unpaired) electrons. The Labute approximate surface area is 82.5 Å². The number of rotatable bonds is 4. The lowest BCUT2D eigenvalue weighted by Gasteiger charge is -1.98. The van der Waals surface area contributed by atoms with Crippen molar-refractivity contribution in [3.05, 3.63) is 30.3 Å². The SMILES string of the molecule is N[C@H]1O[C@H]1CCSc1ccccc1. The Balaban J connectivity index is 1.68. The van der Waals surface area contributed by atoms with Crippen molar-refractivity contribution in [2.24, 2.45) is 5.73 Å². The summed E-state index contributed by atoms with van der Waals surface area (Å²) in [5.41, 5.74) is 5.51. The van der Waals surface area contributed by atoms with Gasteiger partial charge in [-0.2, -0.15) is 0 Å². The number of hydrogen-bond donors (Lipinski definition) is 1. The van der Waals surface area contributed by atoms with Crippen LogP contribution in [0.5, 0.6) is 0 Å². The molecule has 0 aliphatic carbocycles. The maximum absolute atomic E-state index is 5.51. The van der Waals surface area contributed by atoms with Crippen LogP contribution in [0.3, 0.4) is 0 Å². The third-order valence-electron chi connectivity index (χ3n) is 2.04. The van der Waals surface area contributed by atoms with Gasteiger partial charge in [-0.25, -0.2) is 0 Å². The van der Waals surface area contributed by atoms with Gasteiger partial charge in [0.1, 0.15) is 6.23 Å². The molecular weight excluding hydrogens is 182 g/mol. The second-order valence-electron chi connectivity index (χ2n) is 3.09. The molecule has 1 saturated heterocycles. The molecule has 1 aliphatic rings. The Morgan fingerprint density at radius 3 is 2.62 bits per heavy atom. The standard InChI is InChI=1S/C10H13NOS/c11-10-9(12-10)6-7-13-8-4-2-1-3-5-8/h1-5,9-10H,6-7,11H2/t9-,10-/m0/s1. The lowest BCUT2D eigenvalue weighted by molar-refractivity contribution is 0.371. The van der Waals surface area contributed by atoms with Crippen molar-refractivity contribution in [1.82, 2.24) is 0 Å². The lowest BCUT2D eigenvalue weighted by atomic mass is 10.3. The molecule has 70 valence electrons. The largest absolute Gasteiger partial charge is 0.353 e. The van der Waals surface area contributed by atoms with E-state index in [9.17, 15) is 0 Å². The van der Waals surface area contributed by atoms with E-state index in [0.717, 1.165) is 12.2 Å². The molecule has 2 nitrogen and oxygen atoms in total. The molecule has 3 heteroatoms. The third kappa shape index (κ3) is 2.72. The monoisotopic (exact) mass is 195 g/mol. The minimum atomic E-state index is 0.0105. The zero-order valence-electron chi connectivity index (χ0n) is 7.35. The molecule has 0 aromatic heterocycles. The predicted octanol–water partition coefficient (Wildman–Crippen LogP) is 1.85. The number of hydrogen-bond acceptors (Lipinski definition) is 3. The third-order valence-corrected chi connectivity index (χ3v) is 3.08. The van der Waals surface area contributed by atoms with Gasteiger partial charge in [-0.05, 0) is 18.6 Å². The molecule has 1 heterocycles. The highest BCUT2D eigenvalue weighted by Gasteiger charge is 2.34. The number of epoxide rings is 1. The summed E-state index contributed by atoms with van der Waals surface area (Å²) in [6.45, 7) is 0. The number of ether oxygens (including phenoxy) is 1. The van der Waals surface area contributed by atoms with Crippen molar-refractivity contribution < 1.29 is 4.74 Å². The van der Waals surface area contributed by atoms with Crippen molar-refractivity contribution in [1.29, 1.82) is 0 Å². The van der Waals surface area contributed by atoms with E-state index < -0.39 is 0 Å². The highest BCUT2D eigenvalue weighted by molar-refractivity contribution is 7.99. The van der Waals surface area contributed by atoms with Gasteiger partial charge in [0.15, 0.2) is 0 Å². The first-order valence-corrected chi connectivity index (χ1v) is 5.44. The molecule has 1 fully saturated rings. The van der Waals surface area contributed by atoms with E-state index in [0.29, 0.717) is 6.10 Å². The zero-order chi connectivity index (χ0) is 9.10. The van der Waals surface area contributed by atoms with Gasteiger partial charge < -0.3 is 10.5 Å². The van der Waals surface area contributed by atoms with E-state index in [4.69, 9.17) is 10.5 Å². The number of benzene rings is 1. The second-order valence-corrected chi connectivity index (χ2v) is 4.26. The number of nitrogens with two attached hydrogens (primary N) is 1. The Bertz CT molecular complexity index is 265. The Morgan fingerprint density at radius 1 is 1.31 bits per heavy atom. The predicted molar refractivity (Wildman–Crippen MR) is 54.6 cm³/mol. The van der Waals surface area contributed by atoms with Crippen molar-refractivity contribution in [3.63, 3.8) is 0 Å². The van der Waals surface area contributed by atoms with Gasteiger partial charge in [-0.15, -0.1) is 11.8 Å². The van der Waals surface area contributed by atoms with E-state index in [2.05, 4.69) is 24.3 Å². The molecule has 0 saturated carbocycles. The van der Waals surface area contributed by atoms with Crippen LogP contribution >= 0.6 is 11.8 Å². The van der Waals surface area contributed by atoms with Crippen LogP contribution in [-0.2, 0) is 4.74 Å².